The average molecular weight is 170 g/mol. The normalized spacial score (nSPS) is 32.7. The highest BCUT2D eigenvalue weighted by molar-refractivity contribution is 7.53. The highest BCUT2D eigenvalue weighted by Crippen LogP contribution is 2.44. The van der Waals surface area contributed by atoms with Gasteiger partial charge in [0.15, 0.2) is 0 Å². The zero-order valence-corrected chi connectivity index (χ0v) is 8.12. The molecule has 0 saturated carbocycles. The molecule has 0 bridgehead atoms. The molecule has 3 heteroatoms. The second-order valence-corrected chi connectivity index (χ2v) is 5.41. The van der Waals surface area contributed by atoms with Crippen molar-refractivity contribution in [3.05, 3.63) is 11.1 Å². The van der Waals surface area contributed by atoms with Crippen LogP contribution in [0.2, 0.25) is 0 Å². The van der Waals surface area contributed by atoms with Gasteiger partial charge in [-0.3, -0.25) is 9.76 Å². The number of allylic oxidation sites excluding steroid dienone is 1. The number of rotatable bonds is 0. The van der Waals surface area contributed by atoms with Gasteiger partial charge in [-0.15, -0.1) is 0 Å². The Balaban J connectivity index is 2.14. The molecule has 2 nitrogen and oxygen atoms in total. The van der Waals surface area contributed by atoms with Crippen LogP contribution >= 0.6 is 8.22 Å². The summed E-state index contributed by atoms with van der Waals surface area (Å²) in [4.78, 5) is 0. The van der Waals surface area contributed by atoms with E-state index in [-0.39, 0.29) is 8.22 Å². The Morgan fingerprint density at radius 1 is 1.36 bits per heavy atom. The summed E-state index contributed by atoms with van der Waals surface area (Å²) in [5.41, 5.74) is 3.20. The van der Waals surface area contributed by atoms with Crippen LogP contribution in [0.5, 0.6) is 0 Å². The SMILES string of the molecule is CC1=C(C)CP2NCCN2C1. The molecule has 2 aliphatic heterocycles. The lowest BCUT2D eigenvalue weighted by Gasteiger charge is -2.30. The van der Waals surface area contributed by atoms with Crippen LogP contribution in [0.1, 0.15) is 13.8 Å². The Hall–Kier alpha value is 0.0900. The predicted octanol–water partition coefficient (Wildman–Crippen LogP) is 1.55. The molecule has 2 heterocycles. The quantitative estimate of drug-likeness (QED) is 0.438. The van der Waals surface area contributed by atoms with Gasteiger partial charge in [0.1, 0.15) is 0 Å². The van der Waals surface area contributed by atoms with Crippen molar-refractivity contribution in [3.63, 3.8) is 0 Å². The van der Waals surface area contributed by atoms with Gasteiger partial charge in [0, 0.05) is 34.0 Å². The van der Waals surface area contributed by atoms with Gasteiger partial charge in [-0.1, -0.05) is 11.1 Å². The van der Waals surface area contributed by atoms with E-state index in [1.807, 2.05) is 0 Å². The van der Waals surface area contributed by atoms with Gasteiger partial charge in [0.25, 0.3) is 0 Å². The van der Waals surface area contributed by atoms with E-state index in [0.29, 0.717) is 0 Å². The van der Waals surface area contributed by atoms with Crippen LogP contribution in [0.3, 0.4) is 0 Å². The minimum Gasteiger partial charge on any atom is -0.282 e. The Bertz CT molecular complexity index is 180. The first-order valence-electron chi connectivity index (χ1n) is 4.18. The van der Waals surface area contributed by atoms with Gasteiger partial charge < -0.3 is 0 Å². The number of nitrogens with one attached hydrogen (secondary N) is 1. The van der Waals surface area contributed by atoms with E-state index < -0.39 is 0 Å². The highest BCUT2D eigenvalue weighted by atomic mass is 31.1. The van der Waals surface area contributed by atoms with E-state index in [9.17, 15) is 0 Å². The van der Waals surface area contributed by atoms with Gasteiger partial charge in [0.05, 0.1) is 0 Å². The summed E-state index contributed by atoms with van der Waals surface area (Å²) in [5.74, 6) is 0. The first-order chi connectivity index (χ1) is 5.27. The summed E-state index contributed by atoms with van der Waals surface area (Å²) >= 11 is 0. The molecule has 0 radical (unpaired) electrons. The Kier molecular flexibility index (Phi) is 2.00. The lowest BCUT2D eigenvalue weighted by atomic mass is 10.2. The van der Waals surface area contributed by atoms with E-state index in [1.165, 1.54) is 25.8 Å². The van der Waals surface area contributed by atoms with Crippen molar-refractivity contribution in [3.8, 4) is 0 Å². The van der Waals surface area contributed by atoms with E-state index in [2.05, 4.69) is 23.6 Å². The minimum atomic E-state index is 0.0399. The number of hydrogen-bond donors (Lipinski definition) is 1. The molecule has 0 aromatic heterocycles. The van der Waals surface area contributed by atoms with Crippen molar-refractivity contribution in [1.82, 2.24) is 9.76 Å². The number of hydrogen-bond acceptors (Lipinski definition) is 2. The van der Waals surface area contributed by atoms with Crippen LogP contribution < -0.4 is 5.09 Å². The molecule has 1 fully saturated rings. The van der Waals surface area contributed by atoms with Gasteiger partial charge >= 0.3 is 0 Å². The molecule has 0 aromatic rings. The molecule has 1 N–H and O–H groups in total. The first kappa shape index (κ1) is 7.72. The summed E-state index contributed by atoms with van der Waals surface area (Å²) in [6.45, 7) is 8.21. The molecule has 1 atom stereocenters. The molecule has 2 aliphatic rings. The van der Waals surface area contributed by atoms with E-state index in [4.69, 9.17) is 0 Å². The predicted molar refractivity (Wildman–Crippen MR) is 49.7 cm³/mol. The van der Waals surface area contributed by atoms with Gasteiger partial charge in [0.2, 0.25) is 0 Å². The fourth-order valence-electron chi connectivity index (χ4n) is 1.62. The molecule has 62 valence electrons. The van der Waals surface area contributed by atoms with Crippen LogP contribution in [0, 0.1) is 0 Å². The molecule has 0 aromatic carbocycles. The fourth-order valence-corrected chi connectivity index (χ4v) is 3.93. The molecule has 0 spiro atoms. The van der Waals surface area contributed by atoms with Gasteiger partial charge in [-0.25, -0.2) is 0 Å². The molecule has 1 unspecified atom stereocenters. The van der Waals surface area contributed by atoms with E-state index in [1.54, 1.807) is 11.1 Å². The molecule has 11 heavy (non-hydrogen) atoms. The first-order valence-corrected chi connectivity index (χ1v) is 5.66. The molecular weight excluding hydrogens is 155 g/mol. The molecular formula is C8H15N2P. The summed E-state index contributed by atoms with van der Waals surface area (Å²) in [5, 5.41) is 3.57. The molecule has 2 rings (SSSR count). The van der Waals surface area contributed by atoms with Crippen LogP contribution in [0.4, 0.5) is 0 Å². The third kappa shape index (κ3) is 1.35. The summed E-state index contributed by atoms with van der Waals surface area (Å²) in [7, 11) is 0.0399. The van der Waals surface area contributed by atoms with Crippen molar-refractivity contribution in [1.29, 1.82) is 0 Å². The fraction of sp³-hybridized carbons (Fsp3) is 0.750. The standard InChI is InChI=1S/C8H15N2P/c1-7-5-10-4-3-9-11(10)6-8(7)2/h9H,3-6H2,1-2H3. The second kappa shape index (κ2) is 2.85. The lowest BCUT2D eigenvalue weighted by Crippen LogP contribution is -2.23. The van der Waals surface area contributed by atoms with Crippen LogP contribution in [0.15, 0.2) is 11.1 Å². The largest absolute Gasteiger partial charge is 0.282 e. The van der Waals surface area contributed by atoms with E-state index >= 15 is 0 Å². The van der Waals surface area contributed by atoms with Crippen LogP contribution in [0.25, 0.3) is 0 Å². The van der Waals surface area contributed by atoms with Gasteiger partial charge in [-0.05, 0) is 13.8 Å². The maximum atomic E-state index is 3.57. The third-order valence-corrected chi connectivity index (χ3v) is 4.93. The summed E-state index contributed by atoms with van der Waals surface area (Å²) in [6.07, 6.45) is 1.29. The van der Waals surface area contributed by atoms with Crippen molar-refractivity contribution < 1.29 is 0 Å². The van der Waals surface area contributed by atoms with Crippen molar-refractivity contribution in [2.75, 3.05) is 25.8 Å². The zero-order valence-electron chi connectivity index (χ0n) is 7.22. The molecule has 1 saturated heterocycles. The van der Waals surface area contributed by atoms with Gasteiger partial charge in [-0.2, -0.15) is 0 Å². The van der Waals surface area contributed by atoms with Crippen molar-refractivity contribution in [2.24, 2.45) is 0 Å². The maximum Gasteiger partial charge on any atom is 0.0413 e. The van der Waals surface area contributed by atoms with E-state index in [0.717, 1.165) is 0 Å². The average Bonchev–Trinajstić information content (AvgIpc) is 2.36. The Morgan fingerprint density at radius 3 is 3.00 bits per heavy atom. The number of nitrogens with zero attached hydrogens (tertiary/aromatic N) is 1. The summed E-state index contributed by atoms with van der Waals surface area (Å²) in [6, 6.07) is 0. The van der Waals surface area contributed by atoms with Crippen LogP contribution in [-0.2, 0) is 0 Å². The molecule has 0 amide bonds. The lowest BCUT2D eigenvalue weighted by molar-refractivity contribution is 0.525. The zero-order chi connectivity index (χ0) is 7.84. The third-order valence-electron chi connectivity index (χ3n) is 2.54. The number of fused-ring (bicyclic) bond motifs is 1. The second-order valence-electron chi connectivity index (χ2n) is 3.41. The smallest absolute Gasteiger partial charge is 0.0413 e. The highest BCUT2D eigenvalue weighted by Gasteiger charge is 2.27. The van der Waals surface area contributed by atoms with Crippen molar-refractivity contribution in [2.45, 2.75) is 13.8 Å². The Labute approximate surface area is 69.5 Å². The Morgan fingerprint density at radius 2 is 2.18 bits per heavy atom. The van der Waals surface area contributed by atoms with Crippen molar-refractivity contribution >= 4 is 8.22 Å². The monoisotopic (exact) mass is 170 g/mol. The topological polar surface area (TPSA) is 15.3 Å². The summed E-state index contributed by atoms with van der Waals surface area (Å²) < 4.78 is 2.59. The maximum absolute atomic E-state index is 3.57. The minimum absolute atomic E-state index is 0.0399. The molecule has 0 aliphatic carbocycles. The van der Waals surface area contributed by atoms with Crippen LogP contribution in [-0.4, -0.2) is 30.5 Å².